The highest BCUT2D eigenvalue weighted by Gasteiger charge is 2.49. The van der Waals surface area contributed by atoms with Crippen LogP contribution in [-0.4, -0.2) is 49.8 Å². The highest BCUT2D eigenvalue weighted by atomic mass is 15.3. The maximum Gasteiger partial charge on any atom is 0.147 e. The molecular formula is C15H20N6. The van der Waals surface area contributed by atoms with Gasteiger partial charge >= 0.3 is 0 Å². The summed E-state index contributed by atoms with van der Waals surface area (Å²) in [6.07, 6.45) is 11.9. The Kier molecular flexibility index (Phi) is 2.92. The highest BCUT2D eigenvalue weighted by molar-refractivity contribution is 5.39. The van der Waals surface area contributed by atoms with E-state index in [0.717, 1.165) is 25.5 Å². The van der Waals surface area contributed by atoms with E-state index < -0.39 is 0 Å². The minimum absolute atomic E-state index is 0.327. The first-order valence-corrected chi connectivity index (χ1v) is 7.49. The molecule has 6 nitrogen and oxygen atoms in total. The molecule has 2 aliphatic rings. The molecule has 2 fully saturated rings. The Bertz CT molecular complexity index is 624. The SMILES string of the molecule is Cn1cc(CN2CC[C@]23CCN(c2cnccn2)C3)cn1. The van der Waals surface area contributed by atoms with E-state index in [-0.39, 0.29) is 0 Å². The third-order valence-electron chi connectivity index (χ3n) is 4.86. The molecule has 2 saturated heterocycles. The second-order valence-electron chi connectivity index (χ2n) is 6.15. The summed E-state index contributed by atoms with van der Waals surface area (Å²) in [5.41, 5.74) is 1.63. The van der Waals surface area contributed by atoms with Gasteiger partial charge in [0.15, 0.2) is 0 Å². The quantitative estimate of drug-likeness (QED) is 0.843. The summed E-state index contributed by atoms with van der Waals surface area (Å²) in [5.74, 6) is 1.00. The van der Waals surface area contributed by atoms with Crippen LogP contribution >= 0.6 is 0 Å². The average Bonchev–Trinajstić information content (AvgIpc) is 3.13. The Morgan fingerprint density at radius 1 is 1.19 bits per heavy atom. The number of likely N-dealkylation sites (tertiary alicyclic amines) is 1. The molecule has 0 aliphatic carbocycles. The monoisotopic (exact) mass is 284 g/mol. The van der Waals surface area contributed by atoms with E-state index in [0.29, 0.717) is 5.54 Å². The van der Waals surface area contributed by atoms with Crippen molar-refractivity contribution < 1.29 is 0 Å². The average molecular weight is 284 g/mol. The van der Waals surface area contributed by atoms with Crippen molar-refractivity contribution in [2.45, 2.75) is 24.9 Å². The Morgan fingerprint density at radius 3 is 2.76 bits per heavy atom. The number of rotatable bonds is 3. The van der Waals surface area contributed by atoms with Crippen LogP contribution in [0.2, 0.25) is 0 Å². The number of nitrogens with zero attached hydrogens (tertiary/aromatic N) is 6. The molecule has 21 heavy (non-hydrogen) atoms. The lowest BCUT2D eigenvalue weighted by Crippen LogP contribution is -2.60. The van der Waals surface area contributed by atoms with Crippen molar-refractivity contribution in [1.29, 1.82) is 0 Å². The van der Waals surface area contributed by atoms with Crippen LogP contribution < -0.4 is 4.90 Å². The van der Waals surface area contributed by atoms with Gasteiger partial charge in [0, 0.05) is 62.9 Å². The van der Waals surface area contributed by atoms with Gasteiger partial charge < -0.3 is 4.90 Å². The maximum atomic E-state index is 4.43. The van der Waals surface area contributed by atoms with Gasteiger partial charge in [-0.15, -0.1) is 0 Å². The zero-order valence-electron chi connectivity index (χ0n) is 12.3. The first-order chi connectivity index (χ1) is 10.3. The van der Waals surface area contributed by atoms with Crippen molar-refractivity contribution in [2.75, 3.05) is 24.5 Å². The Labute approximate surface area is 124 Å². The van der Waals surface area contributed by atoms with Gasteiger partial charge in [-0.2, -0.15) is 5.10 Å². The first-order valence-electron chi connectivity index (χ1n) is 7.49. The minimum atomic E-state index is 0.327. The Balaban J connectivity index is 1.46. The van der Waals surface area contributed by atoms with E-state index >= 15 is 0 Å². The van der Waals surface area contributed by atoms with E-state index in [1.807, 2.05) is 24.1 Å². The molecular weight excluding hydrogens is 264 g/mol. The van der Waals surface area contributed by atoms with Crippen LogP contribution in [0.3, 0.4) is 0 Å². The fourth-order valence-electron chi connectivity index (χ4n) is 3.58. The molecule has 0 saturated carbocycles. The number of hydrogen-bond donors (Lipinski definition) is 0. The predicted molar refractivity (Wildman–Crippen MR) is 79.8 cm³/mol. The number of aryl methyl sites for hydroxylation is 1. The van der Waals surface area contributed by atoms with Crippen LogP contribution in [0, 0.1) is 0 Å². The van der Waals surface area contributed by atoms with Gasteiger partial charge in [0.05, 0.1) is 12.4 Å². The van der Waals surface area contributed by atoms with E-state index in [4.69, 9.17) is 0 Å². The molecule has 0 radical (unpaired) electrons. The molecule has 110 valence electrons. The van der Waals surface area contributed by atoms with Crippen LogP contribution in [0.5, 0.6) is 0 Å². The lowest BCUT2D eigenvalue weighted by molar-refractivity contribution is -0.00480. The summed E-state index contributed by atoms with van der Waals surface area (Å²) in [6.45, 7) is 4.32. The molecule has 0 aromatic carbocycles. The van der Waals surface area contributed by atoms with Crippen molar-refractivity contribution in [3.63, 3.8) is 0 Å². The van der Waals surface area contributed by atoms with Gasteiger partial charge in [-0.05, 0) is 12.8 Å². The molecule has 2 aromatic heterocycles. The lowest BCUT2D eigenvalue weighted by atomic mass is 9.83. The summed E-state index contributed by atoms with van der Waals surface area (Å²) in [7, 11) is 1.97. The van der Waals surface area contributed by atoms with Crippen LogP contribution in [0.25, 0.3) is 0 Å². The van der Waals surface area contributed by atoms with Gasteiger partial charge in [-0.1, -0.05) is 0 Å². The van der Waals surface area contributed by atoms with Gasteiger partial charge in [-0.3, -0.25) is 14.6 Å². The second kappa shape index (κ2) is 4.80. The molecule has 0 unspecified atom stereocenters. The molecule has 2 aromatic rings. The minimum Gasteiger partial charge on any atom is -0.353 e. The zero-order chi connectivity index (χ0) is 14.3. The van der Waals surface area contributed by atoms with Gasteiger partial charge in [-0.25, -0.2) is 4.98 Å². The van der Waals surface area contributed by atoms with Crippen molar-refractivity contribution in [1.82, 2.24) is 24.6 Å². The second-order valence-corrected chi connectivity index (χ2v) is 6.15. The number of aromatic nitrogens is 4. The zero-order valence-corrected chi connectivity index (χ0v) is 12.3. The summed E-state index contributed by atoms with van der Waals surface area (Å²) in [4.78, 5) is 13.6. The standard InChI is InChI=1S/C15H20N6/c1-19-10-13(8-18-19)11-21-7-3-15(21)2-6-20(12-15)14-9-16-4-5-17-14/h4-5,8-10H,2-3,6-7,11-12H2,1H3/t15-/m0/s1. The van der Waals surface area contributed by atoms with Gasteiger partial charge in [0.25, 0.3) is 0 Å². The van der Waals surface area contributed by atoms with Crippen molar-refractivity contribution in [2.24, 2.45) is 7.05 Å². The highest BCUT2D eigenvalue weighted by Crippen LogP contribution is 2.40. The van der Waals surface area contributed by atoms with E-state index in [2.05, 4.69) is 31.1 Å². The fraction of sp³-hybridized carbons (Fsp3) is 0.533. The first kappa shape index (κ1) is 12.8. The van der Waals surface area contributed by atoms with Crippen LogP contribution in [0.4, 0.5) is 5.82 Å². The molecule has 4 rings (SSSR count). The normalized spacial score (nSPS) is 25.5. The summed E-state index contributed by atoms with van der Waals surface area (Å²) in [5, 5.41) is 4.27. The number of anilines is 1. The third kappa shape index (κ3) is 2.19. The molecule has 0 bridgehead atoms. The molecule has 6 heteroatoms. The third-order valence-corrected chi connectivity index (χ3v) is 4.86. The smallest absolute Gasteiger partial charge is 0.147 e. The van der Waals surface area contributed by atoms with Crippen LogP contribution in [0.15, 0.2) is 31.0 Å². The molecule has 2 aliphatic heterocycles. The Hall–Kier alpha value is -1.95. The topological polar surface area (TPSA) is 50.1 Å². The maximum absolute atomic E-state index is 4.43. The van der Waals surface area contributed by atoms with Crippen molar-refractivity contribution >= 4 is 5.82 Å². The molecule has 4 heterocycles. The van der Waals surface area contributed by atoms with Gasteiger partial charge in [0.1, 0.15) is 5.82 Å². The summed E-state index contributed by atoms with van der Waals surface area (Å²) in [6, 6.07) is 0. The van der Waals surface area contributed by atoms with Gasteiger partial charge in [0.2, 0.25) is 0 Å². The van der Waals surface area contributed by atoms with Crippen LogP contribution in [0.1, 0.15) is 18.4 Å². The largest absolute Gasteiger partial charge is 0.353 e. The van der Waals surface area contributed by atoms with E-state index in [1.165, 1.54) is 24.9 Å². The van der Waals surface area contributed by atoms with E-state index in [9.17, 15) is 0 Å². The summed E-state index contributed by atoms with van der Waals surface area (Å²) < 4.78 is 1.88. The van der Waals surface area contributed by atoms with Crippen molar-refractivity contribution in [3.05, 3.63) is 36.5 Å². The number of hydrogen-bond acceptors (Lipinski definition) is 5. The molecule has 0 amide bonds. The lowest BCUT2D eigenvalue weighted by Gasteiger charge is -2.50. The fourth-order valence-corrected chi connectivity index (χ4v) is 3.58. The Morgan fingerprint density at radius 2 is 2.10 bits per heavy atom. The summed E-state index contributed by atoms with van der Waals surface area (Å²) >= 11 is 0. The van der Waals surface area contributed by atoms with Crippen LogP contribution in [-0.2, 0) is 13.6 Å². The molecule has 0 N–H and O–H groups in total. The van der Waals surface area contributed by atoms with E-state index in [1.54, 1.807) is 12.4 Å². The molecule has 1 atom stereocenters. The molecule has 1 spiro atoms. The van der Waals surface area contributed by atoms with Crippen molar-refractivity contribution in [3.8, 4) is 0 Å². The predicted octanol–water partition coefficient (Wildman–Crippen LogP) is 1.06.